The molecule has 1 saturated heterocycles. The van der Waals surface area contributed by atoms with Crippen molar-refractivity contribution >= 4 is 46.0 Å². The summed E-state index contributed by atoms with van der Waals surface area (Å²) in [5.41, 5.74) is 1.92. The van der Waals surface area contributed by atoms with Crippen LogP contribution in [0.3, 0.4) is 0 Å². The molecule has 0 unspecified atom stereocenters. The number of nitrogens with zero attached hydrogens (tertiary/aromatic N) is 1. The van der Waals surface area contributed by atoms with Crippen LogP contribution in [0.15, 0.2) is 71.6 Å². The van der Waals surface area contributed by atoms with E-state index in [1.165, 1.54) is 42.3 Å². The lowest BCUT2D eigenvalue weighted by molar-refractivity contribution is -0.113. The average molecular weight is 470 g/mol. The first kappa shape index (κ1) is 22.0. The molecule has 1 heterocycles. The van der Waals surface area contributed by atoms with E-state index in [4.69, 9.17) is 21.7 Å². The van der Waals surface area contributed by atoms with Gasteiger partial charge in [0.2, 0.25) is 0 Å². The number of benzene rings is 3. The van der Waals surface area contributed by atoms with Gasteiger partial charge in [-0.3, -0.25) is 9.69 Å². The molecule has 0 aliphatic carbocycles. The second-order valence-electron chi connectivity index (χ2n) is 6.82. The van der Waals surface area contributed by atoms with Gasteiger partial charge in [-0.25, -0.2) is 8.78 Å². The summed E-state index contributed by atoms with van der Waals surface area (Å²) in [6.07, 6.45) is 1.70. The summed E-state index contributed by atoms with van der Waals surface area (Å²) in [5, 5.41) is 0. The van der Waals surface area contributed by atoms with Crippen molar-refractivity contribution < 1.29 is 23.0 Å². The van der Waals surface area contributed by atoms with Crippen molar-refractivity contribution in [2.45, 2.75) is 6.61 Å². The fraction of sp³-hybridized carbons (Fsp3) is 0.0833. The highest BCUT2D eigenvalue weighted by molar-refractivity contribution is 8.27. The van der Waals surface area contributed by atoms with Gasteiger partial charge < -0.3 is 9.47 Å². The first-order valence-corrected chi connectivity index (χ1v) is 10.8. The van der Waals surface area contributed by atoms with E-state index in [-0.39, 0.29) is 18.3 Å². The number of thiocarbonyl (C=S) groups is 1. The first-order chi connectivity index (χ1) is 15.4. The van der Waals surface area contributed by atoms with Gasteiger partial charge in [0, 0.05) is 0 Å². The summed E-state index contributed by atoms with van der Waals surface area (Å²) < 4.78 is 38.2. The van der Waals surface area contributed by atoms with Crippen molar-refractivity contribution in [3.05, 3.63) is 94.4 Å². The van der Waals surface area contributed by atoms with Gasteiger partial charge in [-0.2, -0.15) is 0 Å². The SMILES string of the molecule is COc1cc(/C=C2/SC(=S)N(c3cccc(F)c3)C2=O)ccc1OCc1ccc(F)cc1. The summed E-state index contributed by atoms with van der Waals surface area (Å²) in [6, 6.07) is 17.1. The van der Waals surface area contributed by atoms with Crippen LogP contribution < -0.4 is 14.4 Å². The smallest absolute Gasteiger partial charge is 0.270 e. The predicted octanol–water partition coefficient (Wildman–Crippen LogP) is 5.96. The maximum absolute atomic E-state index is 13.6. The minimum Gasteiger partial charge on any atom is -0.493 e. The molecule has 1 fully saturated rings. The Balaban J connectivity index is 1.53. The Morgan fingerprint density at radius 3 is 2.50 bits per heavy atom. The van der Waals surface area contributed by atoms with Crippen molar-refractivity contribution in [3.63, 3.8) is 0 Å². The maximum atomic E-state index is 13.6. The standard InChI is InChI=1S/C24H17F2NO3S2/c1-29-21-11-16(7-10-20(21)30-14-15-5-8-17(25)9-6-15)12-22-23(28)27(24(31)32-22)19-4-2-3-18(26)13-19/h2-13H,14H2,1H3/b22-12+. The second kappa shape index (κ2) is 9.50. The number of rotatable bonds is 6. The monoisotopic (exact) mass is 469 g/mol. The van der Waals surface area contributed by atoms with E-state index in [0.717, 1.165) is 22.9 Å². The van der Waals surface area contributed by atoms with Crippen LogP contribution in [0.5, 0.6) is 11.5 Å². The van der Waals surface area contributed by atoms with Gasteiger partial charge in [0.25, 0.3) is 5.91 Å². The zero-order chi connectivity index (χ0) is 22.7. The number of methoxy groups -OCH3 is 1. The van der Waals surface area contributed by atoms with Crippen LogP contribution in [0.4, 0.5) is 14.5 Å². The molecule has 4 nitrogen and oxygen atoms in total. The maximum Gasteiger partial charge on any atom is 0.270 e. The van der Waals surface area contributed by atoms with E-state index in [2.05, 4.69) is 0 Å². The molecule has 1 amide bonds. The predicted molar refractivity (Wildman–Crippen MR) is 126 cm³/mol. The van der Waals surface area contributed by atoms with Crippen molar-refractivity contribution in [2.75, 3.05) is 12.0 Å². The molecule has 1 aliphatic heterocycles. The fourth-order valence-electron chi connectivity index (χ4n) is 3.09. The van der Waals surface area contributed by atoms with E-state index in [1.807, 2.05) is 0 Å². The van der Waals surface area contributed by atoms with Crippen LogP contribution in [0.25, 0.3) is 6.08 Å². The summed E-state index contributed by atoms with van der Waals surface area (Å²) in [4.78, 5) is 14.6. The molecule has 4 rings (SSSR count). The number of hydrogen-bond acceptors (Lipinski definition) is 5. The van der Waals surface area contributed by atoms with E-state index in [1.54, 1.807) is 42.5 Å². The molecule has 32 heavy (non-hydrogen) atoms. The lowest BCUT2D eigenvalue weighted by Gasteiger charge is -2.14. The molecule has 0 bridgehead atoms. The van der Waals surface area contributed by atoms with Crippen LogP contribution in [0.2, 0.25) is 0 Å². The first-order valence-electron chi connectivity index (χ1n) is 9.53. The summed E-state index contributed by atoms with van der Waals surface area (Å²) in [5.74, 6) is -0.0658. The third-order valence-corrected chi connectivity index (χ3v) is 5.96. The summed E-state index contributed by atoms with van der Waals surface area (Å²) >= 11 is 6.48. The van der Waals surface area contributed by atoms with Crippen molar-refractivity contribution in [3.8, 4) is 11.5 Å². The number of carbonyl (C=O) groups is 1. The number of halogens is 2. The Labute approximate surface area is 193 Å². The molecule has 0 atom stereocenters. The molecule has 0 spiro atoms. The quantitative estimate of drug-likeness (QED) is 0.329. The van der Waals surface area contributed by atoms with E-state index in [0.29, 0.717) is 26.4 Å². The Morgan fingerprint density at radius 1 is 1.00 bits per heavy atom. The third-order valence-electron chi connectivity index (χ3n) is 4.65. The lowest BCUT2D eigenvalue weighted by Crippen LogP contribution is -2.27. The number of anilines is 1. The highest BCUT2D eigenvalue weighted by Gasteiger charge is 2.33. The minimum atomic E-state index is -0.443. The van der Waals surface area contributed by atoms with Gasteiger partial charge in [-0.15, -0.1) is 0 Å². The fourth-order valence-corrected chi connectivity index (χ4v) is 4.39. The normalized spacial score (nSPS) is 14.8. The number of ether oxygens (including phenoxy) is 2. The van der Waals surface area contributed by atoms with Gasteiger partial charge in [-0.1, -0.05) is 48.2 Å². The largest absolute Gasteiger partial charge is 0.493 e. The zero-order valence-corrected chi connectivity index (χ0v) is 18.5. The van der Waals surface area contributed by atoms with Gasteiger partial charge in [0.15, 0.2) is 15.8 Å². The van der Waals surface area contributed by atoms with E-state index in [9.17, 15) is 13.6 Å². The number of thioether (sulfide) groups is 1. The van der Waals surface area contributed by atoms with Crippen molar-refractivity contribution in [1.29, 1.82) is 0 Å². The molecule has 162 valence electrons. The lowest BCUT2D eigenvalue weighted by atomic mass is 10.1. The van der Waals surface area contributed by atoms with Gasteiger partial charge in [0.1, 0.15) is 18.2 Å². The molecule has 1 aliphatic rings. The Hall–Kier alpha value is -3.23. The molecule has 0 saturated carbocycles. The molecular formula is C24H17F2NO3S2. The highest BCUT2D eigenvalue weighted by Crippen LogP contribution is 2.37. The molecule has 0 radical (unpaired) electrons. The van der Waals surface area contributed by atoms with Crippen molar-refractivity contribution in [2.24, 2.45) is 0 Å². The van der Waals surface area contributed by atoms with Crippen LogP contribution in [-0.2, 0) is 11.4 Å². The molecule has 8 heteroatoms. The summed E-state index contributed by atoms with van der Waals surface area (Å²) in [6.45, 7) is 0.252. The minimum absolute atomic E-state index is 0.252. The number of hydrogen-bond donors (Lipinski definition) is 0. The molecular weight excluding hydrogens is 452 g/mol. The van der Waals surface area contributed by atoms with Crippen LogP contribution in [0, 0.1) is 11.6 Å². The Morgan fingerprint density at radius 2 is 1.78 bits per heavy atom. The van der Waals surface area contributed by atoms with Crippen LogP contribution in [0.1, 0.15) is 11.1 Å². The number of carbonyl (C=O) groups excluding carboxylic acids is 1. The van der Waals surface area contributed by atoms with E-state index < -0.39 is 5.82 Å². The van der Waals surface area contributed by atoms with E-state index >= 15 is 0 Å². The number of amides is 1. The van der Waals surface area contributed by atoms with Gasteiger partial charge >= 0.3 is 0 Å². The molecule has 3 aromatic rings. The topological polar surface area (TPSA) is 38.8 Å². The highest BCUT2D eigenvalue weighted by atomic mass is 32.2. The Kier molecular flexibility index (Phi) is 6.53. The van der Waals surface area contributed by atoms with Crippen LogP contribution in [-0.4, -0.2) is 17.3 Å². The second-order valence-corrected chi connectivity index (χ2v) is 8.50. The molecule has 3 aromatic carbocycles. The molecule has 0 N–H and O–H groups in total. The van der Waals surface area contributed by atoms with Crippen molar-refractivity contribution in [1.82, 2.24) is 0 Å². The van der Waals surface area contributed by atoms with Crippen LogP contribution >= 0.6 is 24.0 Å². The average Bonchev–Trinajstić information content (AvgIpc) is 3.06. The summed E-state index contributed by atoms with van der Waals surface area (Å²) in [7, 11) is 1.52. The van der Waals surface area contributed by atoms with Gasteiger partial charge in [-0.05, 0) is 59.7 Å². The van der Waals surface area contributed by atoms with Gasteiger partial charge in [0.05, 0.1) is 17.7 Å². The Bertz CT molecular complexity index is 1210. The zero-order valence-electron chi connectivity index (χ0n) is 16.9. The third kappa shape index (κ3) is 4.81. The molecule has 0 aromatic heterocycles.